The maximum Gasteiger partial charge on any atom is 0.125 e. The SMILES string of the molecule is FC1(CN[C@H]2C[C@@H]2c2ccccc2)CCN(Cc2ccccc2)CC1. The number of nitrogens with zero attached hydrogens (tertiary/aromatic N) is 1. The van der Waals surface area contributed by atoms with Gasteiger partial charge in [-0.3, -0.25) is 4.90 Å². The molecule has 2 atom stereocenters. The molecule has 0 bridgehead atoms. The monoisotopic (exact) mass is 338 g/mol. The molecule has 0 radical (unpaired) electrons. The number of piperidine rings is 1. The largest absolute Gasteiger partial charge is 0.310 e. The van der Waals surface area contributed by atoms with E-state index in [1.54, 1.807) is 0 Å². The summed E-state index contributed by atoms with van der Waals surface area (Å²) in [5.41, 5.74) is 1.65. The van der Waals surface area contributed by atoms with Gasteiger partial charge >= 0.3 is 0 Å². The standard InChI is InChI=1S/C22H27FN2/c23-22(17-24-21-15-20(21)19-9-5-2-6-10-19)11-13-25(14-12-22)16-18-7-3-1-4-8-18/h1-10,20-21,24H,11-17H2/t20-,21+/m1/s1. The van der Waals surface area contributed by atoms with Gasteiger partial charge in [0.15, 0.2) is 0 Å². The molecule has 1 heterocycles. The minimum atomic E-state index is -1.04. The maximum atomic E-state index is 15.1. The topological polar surface area (TPSA) is 15.3 Å². The third kappa shape index (κ3) is 4.28. The first kappa shape index (κ1) is 16.7. The zero-order valence-electron chi connectivity index (χ0n) is 14.7. The van der Waals surface area contributed by atoms with Crippen LogP contribution in [0.1, 0.15) is 36.3 Å². The number of hydrogen-bond acceptors (Lipinski definition) is 2. The van der Waals surface area contributed by atoms with Crippen LogP contribution in [0, 0.1) is 0 Å². The second kappa shape index (κ2) is 7.27. The molecule has 1 saturated heterocycles. The molecule has 1 aliphatic heterocycles. The predicted molar refractivity (Wildman–Crippen MR) is 100 cm³/mol. The number of hydrogen-bond donors (Lipinski definition) is 1. The van der Waals surface area contributed by atoms with E-state index < -0.39 is 5.67 Å². The van der Waals surface area contributed by atoms with Crippen molar-refractivity contribution in [1.82, 2.24) is 10.2 Å². The average Bonchev–Trinajstić information content (AvgIpc) is 3.44. The molecule has 2 nitrogen and oxygen atoms in total. The van der Waals surface area contributed by atoms with Crippen molar-refractivity contribution in [1.29, 1.82) is 0 Å². The van der Waals surface area contributed by atoms with Crippen LogP contribution in [0.2, 0.25) is 0 Å². The number of benzene rings is 2. The molecule has 2 fully saturated rings. The molecular weight excluding hydrogens is 311 g/mol. The highest BCUT2D eigenvalue weighted by molar-refractivity contribution is 5.27. The second-order valence-electron chi connectivity index (χ2n) is 7.65. The lowest BCUT2D eigenvalue weighted by atomic mass is 9.93. The molecule has 2 aromatic rings. The van der Waals surface area contributed by atoms with Crippen molar-refractivity contribution >= 4 is 0 Å². The lowest BCUT2D eigenvalue weighted by molar-refractivity contribution is 0.0544. The summed E-state index contributed by atoms with van der Waals surface area (Å²) in [4.78, 5) is 2.37. The Morgan fingerprint density at radius 2 is 1.60 bits per heavy atom. The molecule has 1 aliphatic carbocycles. The van der Waals surface area contributed by atoms with E-state index in [9.17, 15) is 0 Å². The first-order valence-corrected chi connectivity index (χ1v) is 9.45. The van der Waals surface area contributed by atoms with Gasteiger partial charge in [-0.1, -0.05) is 60.7 Å². The van der Waals surface area contributed by atoms with E-state index >= 15 is 4.39 Å². The minimum Gasteiger partial charge on any atom is -0.310 e. The van der Waals surface area contributed by atoms with Gasteiger partial charge in [0.25, 0.3) is 0 Å². The smallest absolute Gasteiger partial charge is 0.125 e. The lowest BCUT2D eigenvalue weighted by Gasteiger charge is -2.36. The van der Waals surface area contributed by atoms with E-state index in [2.05, 4.69) is 58.7 Å². The normalized spacial score (nSPS) is 25.6. The molecule has 2 aromatic carbocycles. The van der Waals surface area contributed by atoms with Crippen LogP contribution in [-0.4, -0.2) is 36.2 Å². The van der Waals surface area contributed by atoms with Crippen molar-refractivity contribution < 1.29 is 4.39 Å². The van der Waals surface area contributed by atoms with Crippen molar-refractivity contribution in [2.45, 2.75) is 43.4 Å². The van der Waals surface area contributed by atoms with Crippen molar-refractivity contribution in [3.63, 3.8) is 0 Å². The minimum absolute atomic E-state index is 0.456. The molecule has 132 valence electrons. The molecule has 25 heavy (non-hydrogen) atoms. The fourth-order valence-electron chi connectivity index (χ4n) is 3.93. The number of nitrogens with one attached hydrogen (secondary N) is 1. The molecular formula is C22H27FN2. The van der Waals surface area contributed by atoms with Gasteiger partial charge in [0.2, 0.25) is 0 Å². The lowest BCUT2D eigenvalue weighted by Crippen LogP contribution is -2.47. The molecule has 0 aromatic heterocycles. The zero-order valence-corrected chi connectivity index (χ0v) is 14.7. The van der Waals surface area contributed by atoms with Crippen molar-refractivity contribution in [3.05, 3.63) is 71.8 Å². The Labute approximate surface area is 150 Å². The molecule has 0 unspecified atom stereocenters. The van der Waals surface area contributed by atoms with Crippen LogP contribution in [0.25, 0.3) is 0 Å². The van der Waals surface area contributed by atoms with Crippen LogP contribution >= 0.6 is 0 Å². The summed E-state index contributed by atoms with van der Waals surface area (Å²) in [5.74, 6) is 0.572. The van der Waals surface area contributed by atoms with E-state index in [4.69, 9.17) is 0 Å². The Bertz CT molecular complexity index is 665. The van der Waals surface area contributed by atoms with Crippen LogP contribution in [0.3, 0.4) is 0 Å². The van der Waals surface area contributed by atoms with Gasteiger partial charge in [-0.15, -0.1) is 0 Å². The average molecular weight is 338 g/mol. The quantitative estimate of drug-likeness (QED) is 0.852. The summed E-state index contributed by atoms with van der Waals surface area (Å²) < 4.78 is 15.1. The molecule has 1 saturated carbocycles. The van der Waals surface area contributed by atoms with Crippen LogP contribution < -0.4 is 5.32 Å². The fraction of sp³-hybridized carbons (Fsp3) is 0.455. The van der Waals surface area contributed by atoms with Crippen molar-refractivity contribution in [2.24, 2.45) is 0 Å². The van der Waals surface area contributed by atoms with Crippen LogP contribution in [0.5, 0.6) is 0 Å². The highest BCUT2D eigenvalue weighted by Crippen LogP contribution is 2.41. The predicted octanol–water partition coefficient (Wildman–Crippen LogP) is 4.14. The Hall–Kier alpha value is -1.71. The zero-order chi connectivity index (χ0) is 17.1. The number of likely N-dealkylation sites (tertiary alicyclic amines) is 1. The molecule has 2 aliphatic rings. The highest BCUT2D eigenvalue weighted by Gasteiger charge is 2.41. The van der Waals surface area contributed by atoms with Gasteiger partial charge in [-0.2, -0.15) is 0 Å². The van der Waals surface area contributed by atoms with Crippen LogP contribution in [0.15, 0.2) is 60.7 Å². The van der Waals surface area contributed by atoms with E-state index in [0.29, 0.717) is 31.3 Å². The number of halogens is 1. The first-order chi connectivity index (χ1) is 12.2. The Morgan fingerprint density at radius 3 is 2.28 bits per heavy atom. The summed E-state index contributed by atoms with van der Waals surface area (Å²) in [7, 11) is 0. The van der Waals surface area contributed by atoms with Gasteiger partial charge in [-0.25, -0.2) is 4.39 Å². The third-order valence-corrected chi connectivity index (χ3v) is 5.70. The van der Waals surface area contributed by atoms with Gasteiger partial charge < -0.3 is 5.32 Å². The highest BCUT2D eigenvalue weighted by atomic mass is 19.1. The maximum absolute atomic E-state index is 15.1. The molecule has 1 N–H and O–H groups in total. The Kier molecular flexibility index (Phi) is 4.87. The summed E-state index contributed by atoms with van der Waals surface area (Å²) in [6, 6.07) is 21.5. The Balaban J connectivity index is 1.22. The van der Waals surface area contributed by atoms with Gasteiger partial charge in [0.1, 0.15) is 5.67 Å². The van der Waals surface area contributed by atoms with E-state index in [1.807, 2.05) is 12.1 Å². The Morgan fingerprint density at radius 1 is 0.960 bits per heavy atom. The molecule has 3 heteroatoms. The van der Waals surface area contributed by atoms with Gasteiger partial charge in [0, 0.05) is 38.1 Å². The van der Waals surface area contributed by atoms with Gasteiger partial charge in [-0.05, 0) is 30.4 Å². The van der Waals surface area contributed by atoms with Crippen LogP contribution in [0.4, 0.5) is 4.39 Å². The van der Waals surface area contributed by atoms with Gasteiger partial charge in [0.05, 0.1) is 0 Å². The van der Waals surface area contributed by atoms with Crippen LogP contribution in [-0.2, 0) is 6.54 Å². The first-order valence-electron chi connectivity index (χ1n) is 9.45. The number of rotatable bonds is 6. The molecule has 0 spiro atoms. The second-order valence-corrected chi connectivity index (χ2v) is 7.65. The van der Waals surface area contributed by atoms with Crippen molar-refractivity contribution in [2.75, 3.05) is 19.6 Å². The molecule has 0 amide bonds. The molecule has 4 rings (SSSR count). The summed E-state index contributed by atoms with van der Waals surface area (Å²) in [6.45, 7) is 3.13. The third-order valence-electron chi connectivity index (χ3n) is 5.70. The summed E-state index contributed by atoms with van der Waals surface area (Å²) in [6.07, 6.45) is 2.41. The van der Waals surface area contributed by atoms with E-state index in [0.717, 1.165) is 26.1 Å². The van der Waals surface area contributed by atoms with Crippen molar-refractivity contribution in [3.8, 4) is 0 Å². The fourth-order valence-corrected chi connectivity index (χ4v) is 3.93. The van der Waals surface area contributed by atoms with E-state index in [-0.39, 0.29) is 0 Å². The van der Waals surface area contributed by atoms with E-state index in [1.165, 1.54) is 11.1 Å². The summed E-state index contributed by atoms with van der Waals surface area (Å²) >= 11 is 0. The number of alkyl halides is 1. The summed E-state index contributed by atoms with van der Waals surface area (Å²) in [5, 5.41) is 3.49.